The molecule has 18 heavy (non-hydrogen) atoms. The van der Waals surface area contributed by atoms with Gasteiger partial charge >= 0.3 is 0 Å². The summed E-state index contributed by atoms with van der Waals surface area (Å²) in [4.78, 5) is 0. The van der Waals surface area contributed by atoms with Gasteiger partial charge in [-0.05, 0) is 30.2 Å². The highest BCUT2D eigenvalue weighted by molar-refractivity contribution is 5.87. The second-order valence-electron chi connectivity index (χ2n) is 4.66. The van der Waals surface area contributed by atoms with Gasteiger partial charge in [0.2, 0.25) is 0 Å². The fourth-order valence-electron chi connectivity index (χ4n) is 2.11. The molecule has 0 fully saturated rings. The van der Waals surface area contributed by atoms with Gasteiger partial charge in [-0.25, -0.2) is 0 Å². The van der Waals surface area contributed by atoms with Crippen LogP contribution in [0.4, 0.5) is 0 Å². The van der Waals surface area contributed by atoms with Crippen molar-refractivity contribution < 1.29 is 4.74 Å². The Bertz CT molecular complexity index is 521. The van der Waals surface area contributed by atoms with Gasteiger partial charge in [-0.1, -0.05) is 37.3 Å². The van der Waals surface area contributed by atoms with Crippen molar-refractivity contribution in [2.24, 2.45) is 0 Å². The van der Waals surface area contributed by atoms with E-state index in [0.29, 0.717) is 6.04 Å². The molecule has 0 aliphatic rings. The van der Waals surface area contributed by atoms with Gasteiger partial charge in [0.05, 0.1) is 7.11 Å². The van der Waals surface area contributed by atoms with Crippen molar-refractivity contribution in [3.8, 4) is 5.75 Å². The first-order valence-corrected chi connectivity index (χ1v) is 6.54. The van der Waals surface area contributed by atoms with Crippen molar-refractivity contribution in [2.45, 2.75) is 32.9 Å². The average Bonchev–Trinajstić information content (AvgIpc) is 2.44. The third-order valence-electron chi connectivity index (χ3n) is 3.46. The van der Waals surface area contributed by atoms with Crippen LogP contribution in [-0.2, 0) is 6.54 Å². The number of fused-ring (bicyclic) bond motifs is 1. The lowest BCUT2D eigenvalue weighted by molar-refractivity contribution is 0.406. The van der Waals surface area contributed by atoms with E-state index in [4.69, 9.17) is 4.74 Å². The van der Waals surface area contributed by atoms with E-state index in [9.17, 15) is 0 Å². The summed E-state index contributed by atoms with van der Waals surface area (Å²) in [7, 11) is 1.73. The molecule has 0 heterocycles. The number of hydrogen-bond donors (Lipinski definition) is 1. The zero-order valence-electron chi connectivity index (χ0n) is 11.4. The Hall–Kier alpha value is -1.54. The largest absolute Gasteiger partial charge is 0.496 e. The number of rotatable bonds is 5. The van der Waals surface area contributed by atoms with Crippen LogP contribution in [0.3, 0.4) is 0 Å². The van der Waals surface area contributed by atoms with E-state index < -0.39 is 0 Å². The van der Waals surface area contributed by atoms with E-state index >= 15 is 0 Å². The van der Waals surface area contributed by atoms with Crippen molar-refractivity contribution in [2.75, 3.05) is 7.11 Å². The maximum atomic E-state index is 5.48. The van der Waals surface area contributed by atoms with Crippen molar-refractivity contribution >= 4 is 10.8 Å². The van der Waals surface area contributed by atoms with Gasteiger partial charge in [0, 0.05) is 18.2 Å². The summed E-state index contributed by atoms with van der Waals surface area (Å²) < 4.78 is 5.48. The summed E-state index contributed by atoms with van der Waals surface area (Å²) in [6.07, 6.45) is 1.13. The fourth-order valence-corrected chi connectivity index (χ4v) is 2.11. The van der Waals surface area contributed by atoms with E-state index in [0.717, 1.165) is 18.7 Å². The second kappa shape index (κ2) is 5.87. The Morgan fingerprint density at radius 3 is 2.67 bits per heavy atom. The first-order chi connectivity index (χ1) is 8.76. The minimum absolute atomic E-state index is 0.522. The Kier molecular flexibility index (Phi) is 4.21. The Morgan fingerprint density at radius 1 is 1.17 bits per heavy atom. The first kappa shape index (κ1) is 12.9. The van der Waals surface area contributed by atoms with Gasteiger partial charge in [-0.15, -0.1) is 0 Å². The van der Waals surface area contributed by atoms with E-state index in [1.807, 2.05) is 0 Å². The zero-order chi connectivity index (χ0) is 13.0. The topological polar surface area (TPSA) is 21.3 Å². The van der Waals surface area contributed by atoms with Crippen molar-refractivity contribution in [1.82, 2.24) is 5.32 Å². The number of hydrogen-bond acceptors (Lipinski definition) is 2. The van der Waals surface area contributed by atoms with E-state index in [1.54, 1.807) is 7.11 Å². The lowest BCUT2D eigenvalue weighted by Gasteiger charge is -2.16. The highest BCUT2D eigenvalue weighted by Crippen LogP contribution is 2.27. The normalized spacial score (nSPS) is 12.6. The number of benzene rings is 2. The van der Waals surface area contributed by atoms with Crippen LogP contribution in [0, 0.1) is 0 Å². The van der Waals surface area contributed by atoms with Crippen molar-refractivity contribution in [1.29, 1.82) is 0 Å². The van der Waals surface area contributed by atoms with Crippen LogP contribution in [0.2, 0.25) is 0 Å². The molecular weight excluding hydrogens is 222 g/mol. The molecule has 2 aromatic rings. The molecule has 0 saturated carbocycles. The summed E-state index contributed by atoms with van der Waals surface area (Å²) in [5.74, 6) is 0.963. The maximum absolute atomic E-state index is 5.48. The SMILES string of the molecule is CC[C@@H](C)NCc1c(OC)ccc2ccccc12. The highest BCUT2D eigenvalue weighted by atomic mass is 16.5. The van der Waals surface area contributed by atoms with Crippen LogP contribution in [0.25, 0.3) is 10.8 Å². The van der Waals surface area contributed by atoms with Crippen molar-refractivity contribution in [3.63, 3.8) is 0 Å². The molecule has 0 spiro atoms. The van der Waals surface area contributed by atoms with Crippen LogP contribution in [0.5, 0.6) is 5.75 Å². The minimum Gasteiger partial charge on any atom is -0.496 e. The molecule has 2 aromatic carbocycles. The standard InChI is InChI=1S/C16H21NO/c1-4-12(2)17-11-15-14-8-6-5-7-13(14)9-10-16(15)18-3/h5-10,12,17H,4,11H2,1-3H3/t12-/m1/s1. The molecule has 96 valence electrons. The van der Waals surface area contributed by atoms with Crippen LogP contribution in [0.15, 0.2) is 36.4 Å². The highest BCUT2D eigenvalue weighted by Gasteiger charge is 2.08. The maximum Gasteiger partial charge on any atom is 0.123 e. The molecule has 0 amide bonds. The first-order valence-electron chi connectivity index (χ1n) is 6.54. The smallest absolute Gasteiger partial charge is 0.123 e. The Morgan fingerprint density at radius 2 is 1.94 bits per heavy atom. The van der Waals surface area contributed by atoms with Gasteiger partial charge in [0.1, 0.15) is 5.75 Å². The zero-order valence-corrected chi connectivity index (χ0v) is 11.4. The third kappa shape index (κ3) is 2.65. The molecule has 0 radical (unpaired) electrons. The van der Waals surface area contributed by atoms with Gasteiger partial charge in [-0.2, -0.15) is 0 Å². The number of methoxy groups -OCH3 is 1. The van der Waals surface area contributed by atoms with Crippen LogP contribution < -0.4 is 10.1 Å². The Labute approximate surface area is 109 Å². The molecule has 1 N–H and O–H groups in total. The van der Waals surface area contributed by atoms with Crippen LogP contribution >= 0.6 is 0 Å². The molecule has 0 saturated heterocycles. The predicted octanol–water partition coefficient (Wildman–Crippen LogP) is 3.74. The van der Waals surface area contributed by atoms with E-state index in [2.05, 4.69) is 55.6 Å². The lowest BCUT2D eigenvalue weighted by Crippen LogP contribution is -2.24. The molecule has 2 nitrogen and oxygen atoms in total. The second-order valence-corrected chi connectivity index (χ2v) is 4.66. The molecule has 2 rings (SSSR count). The molecule has 0 bridgehead atoms. The molecule has 0 aliphatic heterocycles. The molecular formula is C16H21NO. The quantitative estimate of drug-likeness (QED) is 0.863. The summed E-state index contributed by atoms with van der Waals surface area (Å²) >= 11 is 0. The van der Waals surface area contributed by atoms with Gasteiger partial charge in [0.25, 0.3) is 0 Å². The van der Waals surface area contributed by atoms with Crippen molar-refractivity contribution in [3.05, 3.63) is 42.0 Å². The lowest BCUT2D eigenvalue weighted by atomic mass is 10.0. The molecule has 0 unspecified atom stereocenters. The summed E-state index contributed by atoms with van der Waals surface area (Å²) in [6, 6.07) is 13.1. The summed E-state index contributed by atoms with van der Waals surface area (Å²) in [5, 5.41) is 6.07. The summed E-state index contributed by atoms with van der Waals surface area (Å²) in [6.45, 7) is 5.25. The van der Waals surface area contributed by atoms with Gasteiger partial charge in [0.15, 0.2) is 0 Å². The number of nitrogens with one attached hydrogen (secondary N) is 1. The average molecular weight is 243 g/mol. The van der Waals surface area contributed by atoms with Crippen LogP contribution in [-0.4, -0.2) is 13.2 Å². The third-order valence-corrected chi connectivity index (χ3v) is 3.46. The number of ether oxygens (including phenoxy) is 1. The fraction of sp³-hybridized carbons (Fsp3) is 0.375. The molecule has 0 aliphatic carbocycles. The Balaban J connectivity index is 2.38. The van der Waals surface area contributed by atoms with Gasteiger partial charge < -0.3 is 10.1 Å². The van der Waals surface area contributed by atoms with Crippen LogP contribution in [0.1, 0.15) is 25.8 Å². The minimum atomic E-state index is 0.522. The summed E-state index contributed by atoms with van der Waals surface area (Å²) in [5.41, 5.74) is 1.25. The molecule has 0 aromatic heterocycles. The van der Waals surface area contributed by atoms with Gasteiger partial charge in [-0.3, -0.25) is 0 Å². The van der Waals surface area contributed by atoms with E-state index in [-0.39, 0.29) is 0 Å². The predicted molar refractivity (Wildman–Crippen MR) is 77.1 cm³/mol. The monoisotopic (exact) mass is 243 g/mol. The molecule has 1 atom stereocenters. The van der Waals surface area contributed by atoms with E-state index in [1.165, 1.54) is 16.3 Å². The molecule has 2 heteroatoms.